The predicted octanol–water partition coefficient (Wildman–Crippen LogP) is 11.4. The fraction of sp³-hybridized carbons (Fsp3) is 0.805. The summed E-state index contributed by atoms with van der Waals surface area (Å²) in [5.41, 5.74) is 5.33. The van der Waals surface area contributed by atoms with Crippen molar-refractivity contribution in [1.29, 1.82) is 0 Å². The summed E-state index contributed by atoms with van der Waals surface area (Å²) < 4.78 is 32.6. The third-order valence-electron chi connectivity index (χ3n) is 8.53. The van der Waals surface area contributed by atoms with Crippen molar-refractivity contribution in [3.05, 3.63) is 36.5 Å². The lowest BCUT2D eigenvalue weighted by molar-refractivity contribution is -0.161. The van der Waals surface area contributed by atoms with E-state index in [1.165, 1.54) is 116 Å². The molecule has 0 radical (unpaired) electrons. The highest BCUT2D eigenvalue weighted by molar-refractivity contribution is 7.47. The summed E-state index contributed by atoms with van der Waals surface area (Å²) in [4.78, 5) is 34.7. The van der Waals surface area contributed by atoms with Gasteiger partial charge >= 0.3 is 19.8 Å². The van der Waals surface area contributed by atoms with Crippen LogP contribution in [0.3, 0.4) is 0 Å². The van der Waals surface area contributed by atoms with Gasteiger partial charge in [-0.3, -0.25) is 18.6 Å². The van der Waals surface area contributed by atoms with E-state index in [2.05, 4.69) is 32.1 Å². The highest BCUT2D eigenvalue weighted by Gasteiger charge is 2.25. The maximum Gasteiger partial charge on any atom is 0.472 e. The van der Waals surface area contributed by atoms with Crippen LogP contribution in [0.1, 0.15) is 181 Å². The number of hydrogen-bond donors (Lipinski definition) is 2. The van der Waals surface area contributed by atoms with Crippen LogP contribution < -0.4 is 5.73 Å². The van der Waals surface area contributed by atoms with Crippen LogP contribution in [0.5, 0.6) is 0 Å². The van der Waals surface area contributed by atoms with Gasteiger partial charge in [0.2, 0.25) is 0 Å². The van der Waals surface area contributed by atoms with E-state index in [1.807, 2.05) is 18.2 Å². The van der Waals surface area contributed by atoms with Crippen molar-refractivity contribution in [2.45, 2.75) is 187 Å². The van der Waals surface area contributed by atoms with Crippen molar-refractivity contribution >= 4 is 19.8 Å². The van der Waals surface area contributed by atoms with Crippen LogP contribution in [0.25, 0.3) is 0 Å². The number of nitrogens with two attached hydrogens (primary N) is 1. The summed E-state index contributed by atoms with van der Waals surface area (Å²) in [5, 5.41) is 0. The van der Waals surface area contributed by atoms with Crippen LogP contribution in [-0.4, -0.2) is 49.3 Å². The van der Waals surface area contributed by atoms with Gasteiger partial charge in [-0.15, -0.1) is 0 Å². The Morgan fingerprint density at radius 3 is 1.53 bits per heavy atom. The Morgan fingerprint density at radius 2 is 1.02 bits per heavy atom. The summed E-state index contributed by atoms with van der Waals surface area (Å²) in [5.74, 6) is -0.962. The molecule has 0 saturated carbocycles. The van der Waals surface area contributed by atoms with Gasteiger partial charge in [0, 0.05) is 19.4 Å². The van der Waals surface area contributed by atoms with Gasteiger partial charge in [-0.2, -0.15) is 0 Å². The quantitative estimate of drug-likeness (QED) is 0.0274. The molecular formula is C41H76NO8P. The van der Waals surface area contributed by atoms with Crippen molar-refractivity contribution in [3.8, 4) is 0 Å². The molecule has 2 atom stereocenters. The van der Waals surface area contributed by atoms with E-state index in [0.29, 0.717) is 12.8 Å². The largest absolute Gasteiger partial charge is 0.472 e. The minimum Gasteiger partial charge on any atom is -0.462 e. The molecule has 0 amide bonds. The number of carbonyl (C=O) groups excluding carboxylic acids is 2. The van der Waals surface area contributed by atoms with Crippen LogP contribution in [0.2, 0.25) is 0 Å². The third kappa shape index (κ3) is 37.8. The van der Waals surface area contributed by atoms with E-state index in [-0.39, 0.29) is 32.6 Å². The lowest BCUT2D eigenvalue weighted by Gasteiger charge is -2.19. The topological polar surface area (TPSA) is 134 Å². The van der Waals surface area contributed by atoms with E-state index in [0.717, 1.165) is 25.7 Å². The Kier molecular flexibility index (Phi) is 36.7. The zero-order chi connectivity index (χ0) is 37.5. The zero-order valence-corrected chi connectivity index (χ0v) is 33.5. The first-order valence-corrected chi connectivity index (χ1v) is 22.0. The second-order valence-corrected chi connectivity index (χ2v) is 14.9. The SMILES string of the molecule is CCCCCCCCCC/C=C\C/C=C\CCC(=O)OC(COC(=O)CC/C=C\CCCCCCCCCCCCC)COP(=O)(O)OCCN. The van der Waals surface area contributed by atoms with Crippen LogP contribution in [0, 0.1) is 0 Å². The summed E-state index contributed by atoms with van der Waals surface area (Å²) in [6.45, 7) is 3.62. The number of rotatable bonds is 38. The Morgan fingerprint density at radius 1 is 0.588 bits per heavy atom. The Hall–Kier alpha value is -1.77. The molecule has 0 spiro atoms. The van der Waals surface area contributed by atoms with Crippen LogP contribution >= 0.6 is 7.82 Å². The van der Waals surface area contributed by atoms with Crippen LogP contribution in [-0.2, 0) is 32.7 Å². The molecule has 2 unspecified atom stereocenters. The molecule has 0 aliphatic heterocycles. The van der Waals surface area contributed by atoms with Gasteiger partial charge < -0.3 is 20.1 Å². The highest BCUT2D eigenvalue weighted by atomic mass is 31.2. The van der Waals surface area contributed by atoms with Gasteiger partial charge in [0.1, 0.15) is 6.61 Å². The summed E-state index contributed by atoms with van der Waals surface area (Å²) in [7, 11) is -4.39. The molecular weight excluding hydrogens is 665 g/mol. The second kappa shape index (κ2) is 38.0. The van der Waals surface area contributed by atoms with Crippen molar-refractivity contribution in [2.75, 3.05) is 26.4 Å². The van der Waals surface area contributed by atoms with Crippen molar-refractivity contribution in [1.82, 2.24) is 0 Å². The number of unbranched alkanes of at least 4 members (excludes halogenated alkanes) is 19. The first kappa shape index (κ1) is 49.2. The lowest BCUT2D eigenvalue weighted by atomic mass is 10.1. The van der Waals surface area contributed by atoms with E-state index >= 15 is 0 Å². The van der Waals surface area contributed by atoms with E-state index in [4.69, 9.17) is 24.3 Å². The van der Waals surface area contributed by atoms with Gasteiger partial charge in [0.05, 0.1) is 13.2 Å². The standard InChI is InChI=1S/C41H76NO8P/c1-3-5-7-9-11-13-15-17-19-21-23-25-27-29-31-33-40(43)47-37-39(38-49-51(45,46)48-36-35-42)50-41(44)34-32-30-28-26-24-22-20-18-16-14-12-10-8-6-4-2/h22,24,27-30,39H,3-21,23,25-26,31-38,42H2,1-2H3,(H,45,46)/b24-22-,29-27-,30-28-. The zero-order valence-electron chi connectivity index (χ0n) is 32.6. The average Bonchev–Trinajstić information content (AvgIpc) is 3.11. The lowest BCUT2D eigenvalue weighted by Crippen LogP contribution is -2.29. The van der Waals surface area contributed by atoms with Gasteiger partial charge in [0.15, 0.2) is 6.10 Å². The second-order valence-electron chi connectivity index (χ2n) is 13.5. The average molecular weight is 742 g/mol. The summed E-state index contributed by atoms with van der Waals surface area (Å²) in [6.07, 6.45) is 40.6. The molecule has 0 bridgehead atoms. The molecule has 0 heterocycles. The first-order chi connectivity index (χ1) is 24.8. The molecule has 3 N–H and O–H groups in total. The normalized spacial score (nSPS) is 13.7. The minimum absolute atomic E-state index is 0.0419. The van der Waals surface area contributed by atoms with Crippen LogP contribution in [0.4, 0.5) is 0 Å². The molecule has 0 aromatic heterocycles. The molecule has 10 heteroatoms. The number of allylic oxidation sites excluding steroid dienone is 6. The van der Waals surface area contributed by atoms with E-state index in [9.17, 15) is 19.0 Å². The molecule has 298 valence electrons. The minimum atomic E-state index is -4.39. The van der Waals surface area contributed by atoms with Gasteiger partial charge in [-0.25, -0.2) is 4.57 Å². The molecule has 0 aromatic rings. The number of carbonyl (C=O) groups is 2. The monoisotopic (exact) mass is 742 g/mol. The van der Waals surface area contributed by atoms with Crippen LogP contribution in [0.15, 0.2) is 36.5 Å². The van der Waals surface area contributed by atoms with Gasteiger partial charge in [-0.1, -0.05) is 159 Å². The molecule has 0 saturated heterocycles. The number of phosphoric acid groups is 1. The maximum absolute atomic E-state index is 12.5. The van der Waals surface area contributed by atoms with Crippen molar-refractivity contribution in [2.24, 2.45) is 5.73 Å². The predicted molar refractivity (Wildman–Crippen MR) is 210 cm³/mol. The number of phosphoric ester groups is 1. The molecule has 0 aliphatic carbocycles. The third-order valence-corrected chi connectivity index (χ3v) is 9.51. The van der Waals surface area contributed by atoms with Gasteiger partial charge in [0.25, 0.3) is 0 Å². The highest BCUT2D eigenvalue weighted by Crippen LogP contribution is 2.43. The smallest absolute Gasteiger partial charge is 0.462 e. The number of hydrogen-bond acceptors (Lipinski definition) is 8. The van der Waals surface area contributed by atoms with E-state index < -0.39 is 32.5 Å². The van der Waals surface area contributed by atoms with Crippen molar-refractivity contribution < 1.29 is 37.6 Å². The number of esters is 2. The number of ether oxygens (including phenoxy) is 2. The molecule has 0 fully saturated rings. The fourth-order valence-electron chi connectivity index (χ4n) is 5.47. The first-order valence-electron chi connectivity index (χ1n) is 20.5. The Labute approximate surface area is 312 Å². The van der Waals surface area contributed by atoms with E-state index in [1.54, 1.807) is 0 Å². The molecule has 51 heavy (non-hydrogen) atoms. The molecule has 0 aliphatic rings. The summed E-state index contributed by atoms with van der Waals surface area (Å²) in [6, 6.07) is 0. The molecule has 9 nitrogen and oxygen atoms in total. The molecule has 0 aromatic carbocycles. The molecule has 0 rings (SSSR count). The fourth-order valence-corrected chi connectivity index (χ4v) is 6.23. The Balaban J connectivity index is 4.30. The Bertz CT molecular complexity index is 939. The van der Waals surface area contributed by atoms with Crippen molar-refractivity contribution in [3.63, 3.8) is 0 Å². The maximum atomic E-state index is 12.5. The van der Waals surface area contributed by atoms with Gasteiger partial charge in [-0.05, 0) is 44.9 Å². The summed E-state index contributed by atoms with van der Waals surface area (Å²) >= 11 is 0.